The predicted molar refractivity (Wildman–Crippen MR) is 75.9 cm³/mol. The molecular weight excluding hydrogens is 224 g/mol. The second-order valence-corrected chi connectivity index (χ2v) is 6.23. The monoisotopic (exact) mass is 254 g/mol. The highest BCUT2D eigenvalue weighted by atomic mass is 16.5. The molecule has 2 rings (SSSR count). The van der Waals surface area contributed by atoms with Crippen LogP contribution >= 0.6 is 0 Å². The van der Waals surface area contributed by atoms with E-state index in [-0.39, 0.29) is 0 Å². The average molecular weight is 254 g/mol. The molecule has 1 N–H and O–H groups in total. The van der Waals surface area contributed by atoms with Gasteiger partial charge in [-0.1, -0.05) is 19.8 Å². The Kier molecular flexibility index (Phi) is 5.46. The summed E-state index contributed by atoms with van der Waals surface area (Å²) in [7, 11) is 2.24. The van der Waals surface area contributed by atoms with Gasteiger partial charge in [0.25, 0.3) is 0 Å². The van der Waals surface area contributed by atoms with Crippen molar-refractivity contribution in [3.8, 4) is 0 Å². The van der Waals surface area contributed by atoms with Gasteiger partial charge in [0.15, 0.2) is 0 Å². The van der Waals surface area contributed by atoms with Crippen molar-refractivity contribution < 1.29 is 4.74 Å². The maximum Gasteiger partial charge on any atom is 0.0702 e. The van der Waals surface area contributed by atoms with E-state index in [9.17, 15) is 0 Å². The van der Waals surface area contributed by atoms with Gasteiger partial charge >= 0.3 is 0 Å². The number of nitrogens with one attached hydrogen (secondary N) is 1. The SMILES string of the molecule is CC1CCCCC1NCCN(C)C1CCOC1C. The van der Waals surface area contributed by atoms with E-state index in [0.717, 1.165) is 31.7 Å². The van der Waals surface area contributed by atoms with Crippen LogP contribution in [0.5, 0.6) is 0 Å². The van der Waals surface area contributed by atoms with Crippen LogP contribution in [0.15, 0.2) is 0 Å². The fraction of sp³-hybridized carbons (Fsp3) is 1.00. The second kappa shape index (κ2) is 6.88. The number of nitrogens with zero attached hydrogens (tertiary/aromatic N) is 1. The van der Waals surface area contributed by atoms with Crippen LogP contribution in [-0.2, 0) is 4.74 Å². The molecule has 0 spiro atoms. The summed E-state index contributed by atoms with van der Waals surface area (Å²) in [4.78, 5) is 2.47. The van der Waals surface area contributed by atoms with Gasteiger partial charge in [0.05, 0.1) is 6.10 Å². The van der Waals surface area contributed by atoms with E-state index in [1.807, 2.05) is 0 Å². The Bertz CT molecular complexity index is 247. The molecule has 1 aliphatic heterocycles. The van der Waals surface area contributed by atoms with Gasteiger partial charge in [0.1, 0.15) is 0 Å². The van der Waals surface area contributed by atoms with E-state index in [4.69, 9.17) is 4.74 Å². The van der Waals surface area contributed by atoms with Crippen LogP contribution < -0.4 is 5.32 Å². The molecule has 18 heavy (non-hydrogen) atoms. The van der Waals surface area contributed by atoms with Gasteiger partial charge in [-0.2, -0.15) is 0 Å². The van der Waals surface area contributed by atoms with Crippen molar-refractivity contribution in [1.29, 1.82) is 0 Å². The summed E-state index contributed by atoms with van der Waals surface area (Å²) in [5.41, 5.74) is 0. The number of rotatable bonds is 5. The van der Waals surface area contributed by atoms with E-state index in [1.54, 1.807) is 0 Å². The predicted octanol–water partition coefficient (Wildman–Crippen LogP) is 2.26. The van der Waals surface area contributed by atoms with Crippen molar-refractivity contribution in [2.45, 2.75) is 64.1 Å². The Labute approximate surface area is 112 Å². The summed E-state index contributed by atoms with van der Waals surface area (Å²) < 4.78 is 5.64. The lowest BCUT2D eigenvalue weighted by Crippen LogP contribution is -2.44. The third kappa shape index (κ3) is 3.69. The molecule has 3 heteroatoms. The lowest BCUT2D eigenvalue weighted by molar-refractivity contribution is 0.0833. The number of hydrogen-bond donors (Lipinski definition) is 1. The maximum atomic E-state index is 5.64. The van der Waals surface area contributed by atoms with E-state index in [2.05, 4.69) is 31.1 Å². The maximum absolute atomic E-state index is 5.64. The van der Waals surface area contributed by atoms with Gasteiger partial charge < -0.3 is 10.1 Å². The molecule has 0 aromatic rings. The fourth-order valence-corrected chi connectivity index (χ4v) is 3.51. The minimum Gasteiger partial charge on any atom is -0.377 e. The van der Waals surface area contributed by atoms with Gasteiger partial charge in [-0.05, 0) is 39.2 Å². The molecular formula is C15H30N2O. The molecule has 2 aliphatic rings. The molecule has 1 heterocycles. The molecule has 0 bridgehead atoms. The zero-order valence-corrected chi connectivity index (χ0v) is 12.3. The first-order chi connectivity index (χ1) is 8.68. The van der Waals surface area contributed by atoms with E-state index >= 15 is 0 Å². The summed E-state index contributed by atoms with van der Waals surface area (Å²) in [6.45, 7) is 7.79. The number of ether oxygens (including phenoxy) is 1. The Hall–Kier alpha value is -0.120. The smallest absolute Gasteiger partial charge is 0.0702 e. The van der Waals surface area contributed by atoms with Gasteiger partial charge in [-0.3, -0.25) is 4.90 Å². The molecule has 106 valence electrons. The van der Waals surface area contributed by atoms with E-state index in [1.165, 1.54) is 32.1 Å². The van der Waals surface area contributed by atoms with Gasteiger partial charge in [0, 0.05) is 31.8 Å². The number of hydrogen-bond acceptors (Lipinski definition) is 3. The molecule has 3 nitrogen and oxygen atoms in total. The zero-order chi connectivity index (χ0) is 13.0. The van der Waals surface area contributed by atoms with Gasteiger partial charge in [0.2, 0.25) is 0 Å². The molecule has 0 amide bonds. The fourth-order valence-electron chi connectivity index (χ4n) is 3.51. The second-order valence-electron chi connectivity index (χ2n) is 6.23. The third-order valence-corrected chi connectivity index (χ3v) is 4.88. The first kappa shape index (κ1) is 14.3. The summed E-state index contributed by atoms with van der Waals surface area (Å²) >= 11 is 0. The average Bonchev–Trinajstić information content (AvgIpc) is 2.78. The zero-order valence-electron chi connectivity index (χ0n) is 12.3. The summed E-state index contributed by atoms with van der Waals surface area (Å²) in [5, 5.41) is 3.76. The van der Waals surface area contributed by atoms with Crippen LogP contribution in [-0.4, -0.2) is 49.8 Å². The van der Waals surface area contributed by atoms with Crippen molar-refractivity contribution in [3.63, 3.8) is 0 Å². The lowest BCUT2D eigenvalue weighted by Gasteiger charge is -2.31. The van der Waals surface area contributed by atoms with Crippen LogP contribution in [0.1, 0.15) is 46.0 Å². The minimum atomic E-state index is 0.406. The molecule has 4 unspecified atom stereocenters. The van der Waals surface area contributed by atoms with E-state index in [0.29, 0.717) is 12.1 Å². The third-order valence-electron chi connectivity index (χ3n) is 4.88. The summed E-state index contributed by atoms with van der Waals surface area (Å²) in [6.07, 6.45) is 7.21. The minimum absolute atomic E-state index is 0.406. The van der Waals surface area contributed by atoms with Crippen LogP contribution in [0.2, 0.25) is 0 Å². The normalized spacial score (nSPS) is 37.3. The van der Waals surface area contributed by atoms with Crippen LogP contribution in [0.4, 0.5) is 0 Å². The molecule has 2 fully saturated rings. The topological polar surface area (TPSA) is 24.5 Å². The molecule has 4 atom stereocenters. The Morgan fingerprint density at radius 3 is 2.61 bits per heavy atom. The van der Waals surface area contributed by atoms with Crippen LogP contribution in [0.25, 0.3) is 0 Å². The molecule has 1 saturated heterocycles. The molecule has 1 aliphatic carbocycles. The van der Waals surface area contributed by atoms with E-state index < -0.39 is 0 Å². The van der Waals surface area contributed by atoms with Gasteiger partial charge in [-0.25, -0.2) is 0 Å². The first-order valence-electron chi connectivity index (χ1n) is 7.73. The Morgan fingerprint density at radius 1 is 1.17 bits per heavy atom. The highest BCUT2D eigenvalue weighted by Gasteiger charge is 2.27. The van der Waals surface area contributed by atoms with Gasteiger partial charge in [-0.15, -0.1) is 0 Å². The van der Waals surface area contributed by atoms with Crippen molar-refractivity contribution in [1.82, 2.24) is 10.2 Å². The lowest BCUT2D eigenvalue weighted by atomic mass is 9.86. The molecule has 0 aromatic heterocycles. The quantitative estimate of drug-likeness (QED) is 0.814. The van der Waals surface area contributed by atoms with Crippen molar-refractivity contribution in [2.24, 2.45) is 5.92 Å². The summed E-state index contributed by atoms with van der Waals surface area (Å²) in [5.74, 6) is 0.859. The number of likely N-dealkylation sites (N-methyl/N-ethyl adjacent to an activating group) is 1. The largest absolute Gasteiger partial charge is 0.377 e. The summed E-state index contributed by atoms with van der Waals surface area (Å²) in [6, 6.07) is 1.37. The first-order valence-corrected chi connectivity index (χ1v) is 7.73. The Balaban J connectivity index is 1.65. The Morgan fingerprint density at radius 2 is 1.94 bits per heavy atom. The highest BCUT2D eigenvalue weighted by Crippen LogP contribution is 2.23. The van der Waals surface area contributed by atoms with Crippen LogP contribution in [0, 0.1) is 5.92 Å². The van der Waals surface area contributed by atoms with Crippen molar-refractivity contribution in [3.05, 3.63) is 0 Å². The van der Waals surface area contributed by atoms with Crippen LogP contribution in [0.3, 0.4) is 0 Å². The highest BCUT2D eigenvalue weighted by molar-refractivity contribution is 4.82. The molecule has 1 saturated carbocycles. The molecule has 0 aromatic carbocycles. The van der Waals surface area contributed by atoms with Crippen molar-refractivity contribution >= 4 is 0 Å². The molecule has 0 radical (unpaired) electrons. The van der Waals surface area contributed by atoms with Crippen molar-refractivity contribution in [2.75, 3.05) is 26.7 Å². The standard InChI is InChI=1S/C15H30N2O/c1-12-6-4-5-7-14(12)16-9-10-17(3)15-8-11-18-13(15)2/h12-16H,4-11H2,1-3H3.